The van der Waals surface area contributed by atoms with E-state index in [-0.39, 0.29) is 70.7 Å². The Morgan fingerprint density at radius 1 is 0.643 bits per heavy atom. The molecular weight excluding hydrogens is 532 g/mol. The van der Waals surface area contributed by atoms with E-state index in [1.54, 1.807) is 62.8 Å². The minimum atomic E-state index is -0.315. The molecule has 8 nitrogen and oxygen atoms in total. The summed E-state index contributed by atoms with van der Waals surface area (Å²) < 4.78 is 10.4. The smallest absolute Gasteiger partial charge is 0.168 e. The first-order valence-electron chi connectivity index (χ1n) is 14.2. The first-order valence-corrected chi connectivity index (χ1v) is 14.2. The summed E-state index contributed by atoms with van der Waals surface area (Å²) >= 11 is 0. The Hall–Kier alpha value is -4.20. The fourth-order valence-electron chi connectivity index (χ4n) is 5.53. The minimum absolute atomic E-state index is 0.0229. The molecule has 0 saturated heterocycles. The lowest BCUT2D eigenvalue weighted by atomic mass is 9.72. The van der Waals surface area contributed by atoms with Crippen LogP contribution in [-0.2, 0) is 9.59 Å². The lowest BCUT2D eigenvalue weighted by Crippen LogP contribution is -2.33. The van der Waals surface area contributed by atoms with Crippen LogP contribution in [0.1, 0.15) is 66.2 Å². The van der Waals surface area contributed by atoms with Crippen molar-refractivity contribution in [2.24, 2.45) is 20.8 Å². The number of Topliss-reactive ketones (excluding diaryl/α,β-unsaturated/α-hetero) is 2. The number of aliphatic imine (C=N–C) groups is 2. The molecule has 0 aromatic heterocycles. The van der Waals surface area contributed by atoms with Gasteiger partial charge in [0, 0.05) is 25.7 Å². The quantitative estimate of drug-likeness (QED) is 0.259. The van der Waals surface area contributed by atoms with Gasteiger partial charge in [-0.15, -0.1) is 0 Å². The zero-order chi connectivity index (χ0) is 30.7. The van der Waals surface area contributed by atoms with E-state index in [9.17, 15) is 19.8 Å². The van der Waals surface area contributed by atoms with E-state index in [0.717, 1.165) is 0 Å². The van der Waals surface area contributed by atoms with Crippen molar-refractivity contribution in [2.45, 2.75) is 66.2 Å². The molecule has 0 atom stereocenters. The topological polar surface area (TPSA) is 118 Å². The molecule has 0 amide bonds. The number of hydrogen-bond donors (Lipinski definition) is 2. The third-order valence-electron chi connectivity index (χ3n) is 7.55. The average Bonchev–Trinajstić information content (AvgIpc) is 2.91. The van der Waals surface area contributed by atoms with E-state index in [0.29, 0.717) is 47.1 Å². The van der Waals surface area contributed by atoms with Gasteiger partial charge in [0.15, 0.2) is 11.6 Å². The summed E-state index contributed by atoms with van der Waals surface area (Å²) in [6, 6.07) is 14.3. The van der Waals surface area contributed by atoms with Crippen molar-refractivity contribution in [3.8, 4) is 11.5 Å². The highest BCUT2D eigenvalue weighted by Crippen LogP contribution is 2.39. The fraction of sp³-hybridized carbons (Fsp3) is 0.412. The Morgan fingerprint density at radius 2 is 0.976 bits per heavy atom. The SMILES string of the molecule is COc1ccc(N=C2CC(C)(C)CC(=O)/C2=C(/O)CC/C(O)=C2\C(=O)CC(C)(C)CC2=Nc2ccc(OC)cc2)cc1. The highest BCUT2D eigenvalue weighted by Gasteiger charge is 2.38. The Labute approximate surface area is 247 Å². The number of carbonyl (C=O) groups is 2. The lowest BCUT2D eigenvalue weighted by molar-refractivity contribution is -0.118. The standard InChI is InChI=1S/C34H40N2O6/c1-33(2)17-25(35-21-7-11-23(41-5)12-8-21)31(29(39)19-33)27(37)15-16-28(38)32-26(18-34(3,4)20-30(32)40)36-22-9-13-24(42-6)14-10-22/h7-14,37-38H,15-20H2,1-6H3/b31-27+,32-28+,35-25?,36-26?. The molecule has 0 unspecified atom stereocenters. The Kier molecular flexibility index (Phi) is 9.04. The number of carbonyl (C=O) groups excluding carboxylic acids is 2. The van der Waals surface area contributed by atoms with E-state index in [4.69, 9.17) is 19.5 Å². The van der Waals surface area contributed by atoms with Crippen LogP contribution < -0.4 is 9.47 Å². The maximum Gasteiger partial charge on any atom is 0.168 e. The van der Waals surface area contributed by atoms with E-state index in [1.807, 2.05) is 27.7 Å². The van der Waals surface area contributed by atoms with Crippen LogP contribution in [0, 0.1) is 10.8 Å². The number of ketones is 2. The van der Waals surface area contributed by atoms with Crippen LogP contribution >= 0.6 is 0 Å². The summed E-state index contributed by atoms with van der Waals surface area (Å²) in [5.74, 6) is 0.702. The normalized spacial score (nSPS) is 22.7. The third-order valence-corrected chi connectivity index (χ3v) is 7.55. The zero-order valence-corrected chi connectivity index (χ0v) is 25.3. The van der Waals surface area contributed by atoms with Crippen LogP contribution in [0.3, 0.4) is 0 Å². The zero-order valence-electron chi connectivity index (χ0n) is 25.3. The minimum Gasteiger partial charge on any atom is -0.511 e. The molecule has 222 valence electrons. The summed E-state index contributed by atoms with van der Waals surface area (Å²) in [6.45, 7) is 7.99. The average molecular weight is 573 g/mol. The number of ether oxygens (including phenoxy) is 2. The number of aliphatic hydroxyl groups is 2. The van der Waals surface area contributed by atoms with Crippen LogP contribution in [0.15, 0.2) is 81.2 Å². The monoisotopic (exact) mass is 572 g/mol. The predicted octanol–water partition coefficient (Wildman–Crippen LogP) is 7.73. The number of aliphatic hydroxyl groups excluding tert-OH is 2. The van der Waals surface area contributed by atoms with E-state index >= 15 is 0 Å². The van der Waals surface area contributed by atoms with Gasteiger partial charge in [0.2, 0.25) is 0 Å². The molecule has 2 N–H and O–H groups in total. The molecule has 0 spiro atoms. The van der Waals surface area contributed by atoms with Crippen molar-refractivity contribution in [1.82, 2.24) is 0 Å². The molecule has 2 fully saturated rings. The van der Waals surface area contributed by atoms with Crippen LogP contribution in [0.4, 0.5) is 11.4 Å². The first kappa shape index (κ1) is 30.8. The van der Waals surface area contributed by atoms with Crippen LogP contribution in [0.2, 0.25) is 0 Å². The van der Waals surface area contributed by atoms with Crippen molar-refractivity contribution >= 4 is 34.4 Å². The van der Waals surface area contributed by atoms with E-state index < -0.39 is 0 Å². The molecule has 42 heavy (non-hydrogen) atoms. The second kappa shape index (κ2) is 12.3. The van der Waals surface area contributed by atoms with E-state index in [2.05, 4.69) is 0 Å². The molecule has 2 saturated carbocycles. The number of nitrogens with zero attached hydrogens (tertiary/aromatic N) is 2. The largest absolute Gasteiger partial charge is 0.511 e. The van der Waals surface area contributed by atoms with Gasteiger partial charge in [-0.3, -0.25) is 19.6 Å². The Morgan fingerprint density at radius 3 is 1.29 bits per heavy atom. The third kappa shape index (κ3) is 7.35. The van der Waals surface area contributed by atoms with Gasteiger partial charge in [-0.05, 0) is 72.2 Å². The number of hydrogen-bond acceptors (Lipinski definition) is 8. The Bertz CT molecular complexity index is 1360. The summed E-state index contributed by atoms with van der Waals surface area (Å²) in [5, 5.41) is 22.4. The maximum atomic E-state index is 13.2. The highest BCUT2D eigenvalue weighted by atomic mass is 16.5. The molecule has 8 heteroatoms. The molecule has 0 bridgehead atoms. The Balaban J connectivity index is 1.66. The molecule has 0 radical (unpaired) electrons. The number of benzene rings is 2. The lowest BCUT2D eigenvalue weighted by Gasteiger charge is -2.32. The summed E-state index contributed by atoms with van der Waals surface area (Å²) in [7, 11) is 3.17. The summed E-state index contributed by atoms with van der Waals surface area (Å²) in [4.78, 5) is 35.9. The molecule has 2 aliphatic rings. The molecule has 2 aromatic carbocycles. The van der Waals surface area contributed by atoms with Crippen molar-refractivity contribution in [2.75, 3.05) is 14.2 Å². The van der Waals surface area contributed by atoms with Gasteiger partial charge in [0.05, 0.1) is 48.2 Å². The summed E-state index contributed by atoms with van der Waals surface area (Å²) in [6.07, 6.45) is 1.50. The van der Waals surface area contributed by atoms with Gasteiger partial charge in [-0.1, -0.05) is 27.7 Å². The number of rotatable bonds is 7. The van der Waals surface area contributed by atoms with Crippen molar-refractivity contribution in [1.29, 1.82) is 0 Å². The predicted molar refractivity (Wildman–Crippen MR) is 165 cm³/mol. The second-order valence-electron chi connectivity index (χ2n) is 12.5. The highest BCUT2D eigenvalue weighted by molar-refractivity contribution is 6.26. The van der Waals surface area contributed by atoms with Gasteiger partial charge in [0.25, 0.3) is 0 Å². The molecule has 4 rings (SSSR count). The van der Waals surface area contributed by atoms with Gasteiger partial charge in [0.1, 0.15) is 23.0 Å². The van der Waals surface area contributed by atoms with E-state index in [1.165, 1.54) is 0 Å². The molecule has 0 aliphatic heterocycles. The number of allylic oxidation sites excluding steroid dienone is 4. The van der Waals surface area contributed by atoms with Crippen molar-refractivity contribution < 1.29 is 29.3 Å². The van der Waals surface area contributed by atoms with Gasteiger partial charge >= 0.3 is 0 Å². The second-order valence-corrected chi connectivity index (χ2v) is 12.5. The first-order chi connectivity index (χ1) is 19.8. The van der Waals surface area contributed by atoms with Gasteiger partial charge in [-0.25, -0.2) is 0 Å². The number of methoxy groups -OCH3 is 2. The van der Waals surface area contributed by atoms with Crippen LogP contribution in [-0.4, -0.2) is 47.4 Å². The van der Waals surface area contributed by atoms with Crippen molar-refractivity contribution in [3.05, 3.63) is 71.2 Å². The molecule has 2 aromatic rings. The van der Waals surface area contributed by atoms with Gasteiger partial charge < -0.3 is 19.7 Å². The molecular formula is C34H40N2O6. The van der Waals surface area contributed by atoms with Gasteiger partial charge in [-0.2, -0.15) is 0 Å². The molecule has 2 aliphatic carbocycles. The summed E-state index contributed by atoms with van der Waals surface area (Å²) in [5.41, 5.74) is 2.03. The fourth-order valence-corrected chi connectivity index (χ4v) is 5.53. The van der Waals surface area contributed by atoms with Crippen LogP contribution in [0.5, 0.6) is 11.5 Å². The maximum absolute atomic E-state index is 13.2. The van der Waals surface area contributed by atoms with Crippen LogP contribution in [0.25, 0.3) is 0 Å². The van der Waals surface area contributed by atoms with Crippen molar-refractivity contribution in [3.63, 3.8) is 0 Å². The molecule has 0 heterocycles.